The lowest BCUT2D eigenvalue weighted by molar-refractivity contribution is 0.577. The van der Waals surface area contributed by atoms with Crippen molar-refractivity contribution < 1.29 is 0 Å². The zero-order chi connectivity index (χ0) is 16.2. The summed E-state index contributed by atoms with van der Waals surface area (Å²) in [5.74, 6) is 0. The van der Waals surface area contributed by atoms with E-state index in [0.29, 0.717) is 0 Å². The van der Waals surface area contributed by atoms with Crippen molar-refractivity contribution in [3.63, 3.8) is 0 Å². The van der Waals surface area contributed by atoms with Crippen molar-refractivity contribution in [1.29, 1.82) is 0 Å². The van der Waals surface area contributed by atoms with Crippen LogP contribution in [0.2, 0.25) is 0 Å². The maximum atomic E-state index is 2.36. The van der Waals surface area contributed by atoms with Crippen LogP contribution in [-0.4, -0.2) is 0 Å². The van der Waals surface area contributed by atoms with Crippen LogP contribution in [-0.2, 0) is 18.3 Å². The van der Waals surface area contributed by atoms with Gasteiger partial charge >= 0.3 is 0 Å². The molecular weight excluding hydrogens is 300 g/mol. The minimum Gasteiger partial charge on any atom is -0.147 e. The van der Waals surface area contributed by atoms with Crippen LogP contribution >= 0.6 is 12.4 Å². The summed E-state index contributed by atoms with van der Waals surface area (Å²) in [5.41, 5.74) is 7.72. The largest absolute Gasteiger partial charge is 0.147 e. The summed E-state index contributed by atoms with van der Waals surface area (Å²) >= 11 is 0. The van der Waals surface area contributed by atoms with Crippen molar-refractivity contribution in [2.45, 2.75) is 65.7 Å². The Hall–Kier alpha value is -1.27. The van der Waals surface area contributed by atoms with E-state index < -0.39 is 0 Å². The lowest BCUT2D eigenvalue weighted by Crippen LogP contribution is -2.17. The second-order valence-electron chi connectivity index (χ2n) is 7.40. The van der Waals surface area contributed by atoms with Gasteiger partial charge in [-0.2, -0.15) is 0 Å². The molecule has 0 unspecified atom stereocenters. The van der Waals surface area contributed by atoms with Crippen LogP contribution in [0.1, 0.15) is 68.4 Å². The Kier molecular flexibility index (Phi) is 7.35. The molecule has 0 aliphatic rings. The Morgan fingerprint density at radius 1 is 0.870 bits per heavy atom. The topological polar surface area (TPSA) is 0 Å². The van der Waals surface area contributed by atoms with E-state index in [1.165, 1.54) is 36.0 Å². The van der Waals surface area contributed by atoms with Crippen LogP contribution in [0.15, 0.2) is 42.5 Å². The molecule has 23 heavy (non-hydrogen) atoms. The van der Waals surface area contributed by atoms with Crippen LogP contribution in [0.25, 0.3) is 0 Å². The molecule has 0 aromatic heterocycles. The van der Waals surface area contributed by atoms with E-state index in [0.717, 1.165) is 6.42 Å². The highest BCUT2D eigenvalue weighted by molar-refractivity contribution is 5.85. The highest BCUT2D eigenvalue weighted by Gasteiger charge is 2.20. The lowest BCUT2D eigenvalue weighted by atomic mass is 9.78. The Labute approximate surface area is 148 Å². The number of rotatable bonds is 5. The van der Waals surface area contributed by atoms with Crippen molar-refractivity contribution in [2.24, 2.45) is 0 Å². The van der Waals surface area contributed by atoms with Gasteiger partial charge in [-0.05, 0) is 59.4 Å². The van der Waals surface area contributed by atoms with Crippen molar-refractivity contribution >= 4 is 12.4 Å². The SMILES string of the molecule is CCCCc1c(C(C)(C)C)ccc(C)c1Cc1ccccc1.Cl. The zero-order valence-electron chi connectivity index (χ0n) is 15.3. The van der Waals surface area contributed by atoms with Crippen LogP contribution in [0.3, 0.4) is 0 Å². The third-order valence-electron chi connectivity index (χ3n) is 4.48. The zero-order valence-corrected chi connectivity index (χ0v) is 16.1. The summed E-state index contributed by atoms with van der Waals surface area (Å²) in [6, 6.07) is 15.5. The van der Waals surface area contributed by atoms with E-state index in [1.807, 2.05) is 0 Å². The third-order valence-corrected chi connectivity index (χ3v) is 4.48. The molecule has 0 heterocycles. The minimum atomic E-state index is 0. The Bertz CT molecular complexity index is 606. The number of unbranched alkanes of at least 4 members (excludes halogenated alkanes) is 1. The van der Waals surface area contributed by atoms with Gasteiger partial charge in [0.05, 0.1) is 0 Å². The van der Waals surface area contributed by atoms with Crippen LogP contribution < -0.4 is 0 Å². The van der Waals surface area contributed by atoms with Gasteiger partial charge in [-0.1, -0.05) is 76.6 Å². The van der Waals surface area contributed by atoms with Crippen molar-refractivity contribution in [1.82, 2.24) is 0 Å². The molecule has 2 rings (SSSR count). The predicted octanol–water partition coefficient (Wildman–Crippen LogP) is 6.65. The summed E-state index contributed by atoms with van der Waals surface area (Å²) in [4.78, 5) is 0. The number of benzene rings is 2. The summed E-state index contributed by atoms with van der Waals surface area (Å²) in [7, 11) is 0. The first-order chi connectivity index (χ1) is 10.4. The van der Waals surface area contributed by atoms with E-state index in [2.05, 4.69) is 77.1 Å². The number of hydrogen-bond donors (Lipinski definition) is 0. The first kappa shape index (κ1) is 19.8. The van der Waals surface area contributed by atoms with Gasteiger partial charge in [-0.3, -0.25) is 0 Å². The van der Waals surface area contributed by atoms with Gasteiger partial charge in [0.1, 0.15) is 0 Å². The molecule has 0 amide bonds. The van der Waals surface area contributed by atoms with Gasteiger partial charge in [0.25, 0.3) is 0 Å². The third kappa shape index (κ3) is 5.11. The molecule has 0 radical (unpaired) electrons. The predicted molar refractivity (Wildman–Crippen MR) is 105 cm³/mol. The Morgan fingerprint density at radius 3 is 2.09 bits per heavy atom. The van der Waals surface area contributed by atoms with Crippen LogP contribution in [0.4, 0.5) is 0 Å². The average molecular weight is 331 g/mol. The molecule has 0 fully saturated rings. The summed E-state index contributed by atoms with van der Waals surface area (Å²) in [6.07, 6.45) is 4.78. The summed E-state index contributed by atoms with van der Waals surface area (Å²) in [5, 5.41) is 0. The molecule has 2 aromatic rings. The molecule has 126 valence electrons. The normalized spacial score (nSPS) is 11.2. The highest BCUT2D eigenvalue weighted by Crippen LogP contribution is 2.32. The van der Waals surface area contributed by atoms with Gasteiger partial charge in [-0.25, -0.2) is 0 Å². The molecule has 0 atom stereocenters. The number of halogens is 1. The van der Waals surface area contributed by atoms with Crippen LogP contribution in [0.5, 0.6) is 0 Å². The number of hydrogen-bond acceptors (Lipinski definition) is 0. The van der Waals surface area contributed by atoms with Gasteiger partial charge in [0, 0.05) is 0 Å². The van der Waals surface area contributed by atoms with Gasteiger partial charge in [0.15, 0.2) is 0 Å². The quantitative estimate of drug-likeness (QED) is 0.575. The molecule has 1 heteroatoms. The molecule has 0 aliphatic heterocycles. The van der Waals surface area contributed by atoms with E-state index in [-0.39, 0.29) is 17.8 Å². The Balaban J connectivity index is 0.00000264. The fourth-order valence-electron chi connectivity index (χ4n) is 3.20. The summed E-state index contributed by atoms with van der Waals surface area (Å²) < 4.78 is 0. The van der Waals surface area contributed by atoms with Crippen molar-refractivity contribution in [3.8, 4) is 0 Å². The maximum Gasteiger partial charge on any atom is -0.00203 e. The molecule has 0 N–H and O–H groups in total. The fourth-order valence-corrected chi connectivity index (χ4v) is 3.20. The lowest BCUT2D eigenvalue weighted by Gasteiger charge is -2.26. The summed E-state index contributed by atoms with van der Waals surface area (Å²) in [6.45, 7) is 11.5. The monoisotopic (exact) mass is 330 g/mol. The Morgan fingerprint density at radius 2 is 1.52 bits per heavy atom. The van der Waals surface area contributed by atoms with Gasteiger partial charge in [0.2, 0.25) is 0 Å². The molecule has 0 nitrogen and oxygen atoms in total. The maximum absolute atomic E-state index is 2.36. The average Bonchev–Trinajstić information content (AvgIpc) is 2.47. The van der Waals surface area contributed by atoms with E-state index in [9.17, 15) is 0 Å². The van der Waals surface area contributed by atoms with Crippen LogP contribution in [0, 0.1) is 6.92 Å². The molecular formula is C22H31Cl. The molecule has 0 spiro atoms. The highest BCUT2D eigenvalue weighted by atomic mass is 35.5. The fraction of sp³-hybridized carbons (Fsp3) is 0.455. The molecule has 0 saturated carbocycles. The minimum absolute atomic E-state index is 0. The van der Waals surface area contributed by atoms with Crippen molar-refractivity contribution in [3.05, 3.63) is 70.3 Å². The standard InChI is InChI=1S/C22H30.ClH/c1-6-7-13-19-20(16-18-11-9-8-10-12-18)17(2)14-15-21(19)22(3,4)5;/h8-12,14-15H,6-7,13,16H2,1-5H3;1H. The van der Waals surface area contributed by atoms with E-state index >= 15 is 0 Å². The van der Waals surface area contributed by atoms with Crippen molar-refractivity contribution in [2.75, 3.05) is 0 Å². The molecule has 0 bridgehead atoms. The smallest absolute Gasteiger partial charge is 0.00203 e. The van der Waals surface area contributed by atoms with Gasteiger partial charge in [-0.15, -0.1) is 12.4 Å². The molecule has 0 saturated heterocycles. The second kappa shape index (κ2) is 8.55. The van der Waals surface area contributed by atoms with E-state index in [1.54, 1.807) is 11.1 Å². The number of aryl methyl sites for hydroxylation is 1. The first-order valence-corrected chi connectivity index (χ1v) is 8.59. The second-order valence-corrected chi connectivity index (χ2v) is 7.40. The molecule has 2 aromatic carbocycles. The molecule has 0 aliphatic carbocycles. The van der Waals surface area contributed by atoms with E-state index in [4.69, 9.17) is 0 Å². The first-order valence-electron chi connectivity index (χ1n) is 8.59. The van der Waals surface area contributed by atoms with Gasteiger partial charge < -0.3 is 0 Å².